The van der Waals surface area contributed by atoms with Crippen LogP contribution in [0.2, 0.25) is 0 Å². The van der Waals surface area contributed by atoms with Gasteiger partial charge in [0.05, 0.1) is 6.61 Å². The zero-order valence-corrected chi connectivity index (χ0v) is 6.92. The quantitative estimate of drug-likeness (QED) is 0.373. The van der Waals surface area contributed by atoms with Gasteiger partial charge < -0.3 is 0 Å². The summed E-state index contributed by atoms with van der Waals surface area (Å²) in [6.45, 7) is 6.59. The molecule has 0 fully saturated rings. The van der Waals surface area contributed by atoms with E-state index >= 15 is 0 Å². The Hall–Kier alpha value is -0.340. The van der Waals surface area contributed by atoms with Gasteiger partial charge in [0, 0.05) is 0 Å². The van der Waals surface area contributed by atoms with E-state index in [9.17, 15) is 0 Å². The van der Waals surface area contributed by atoms with Crippen LogP contribution in [0.4, 0.5) is 0 Å². The molecule has 0 aliphatic carbocycles. The Morgan fingerprint density at radius 1 is 1.50 bits per heavy atom. The Balaban J connectivity index is 3.63. The normalized spacial score (nSPS) is 12.8. The predicted molar refractivity (Wildman–Crippen MR) is 41.8 cm³/mol. The second-order valence-corrected chi connectivity index (χ2v) is 3.07. The van der Waals surface area contributed by atoms with E-state index in [2.05, 4.69) is 24.8 Å². The molecular weight excluding hydrogens is 128 g/mol. The van der Waals surface area contributed by atoms with E-state index in [1.54, 1.807) is 0 Å². The molecule has 0 heterocycles. The maximum absolute atomic E-state index is 8.07. The van der Waals surface area contributed by atoms with Crippen molar-refractivity contribution in [3.05, 3.63) is 12.2 Å². The molecule has 0 aromatic rings. The summed E-state index contributed by atoms with van der Waals surface area (Å²) in [4.78, 5) is 3.99. The summed E-state index contributed by atoms with van der Waals surface area (Å²) in [6.07, 6.45) is 4.96. The van der Waals surface area contributed by atoms with Crippen molar-refractivity contribution in [1.29, 1.82) is 0 Å². The lowest BCUT2D eigenvalue weighted by atomic mass is 9.89. The summed E-state index contributed by atoms with van der Waals surface area (Å²) in [5, 5.41) is 8.07. The first-order valence-corrected chi connectivity index (χ1v) is 3.52. The van der Waals surface area contributed by atoms with Crippen molar-refractivity contribution in [3.8, 4) is 0 Å². The van der Waals surface area contributed by atoms with Gasteiger partial charge in [-0.15, -0.1) is 0 Å². The highest BCUT2D eigenvalue weighted by Crippen LogP contribution is 2.21. The van der Waals surface area contributed by atoms with Crippen molar-refractivity contribution in [1.82, 2.24) is 0 Å². The number of allylic oxidation sites excluding steroid dienone is 2. The summed E-state index contributed by atoms with van der Waals surface area (Å²) in [5.41, 5.74) is 0.136. The Kier molecular flexibility index (Phi) is 4.32. The van der Waals surface area contributed by atoms with Gasteiger partial charge in [0.25, 0.3) is 0 Å². The Labute approximate surface area is 62.4 Å². The summed E-state index contributed by atoms with van der Waals surface area (Å²) < 4.78 is 0. The zero-order valence-electron chi connectivity index (χ0n) is 6.92. The summed E-state index contributed by atoms with van der Waals surface area (Å²) in [5.74, 6) is 0. The second-order valence-electron chi connectivity index (χ2n) is 3.07. The first-order chi connectivity index (χ1) is 4.62. The van der Waals surface area contributed by atoms with Gasteiger partial charge in [-0.3, -0.25) is 5.26 Å². The third-order valence-corrected chi connectivity index (χ3v) is 1.46. The monoisotopic (exact) mass is 144 g/mol. The molecule has 0 saturated carbocycles. The van der Waals surface area contributed by atoms with Crippen LogP contribution < -0.4 is 0 Å². The van der Waals surface area contributed by atoms with Crippen molar-refractivity contribution >= 4 is 0 Å². The van der Waals surface area contributed by atoms with Crippen LogP contribution >= 0.6 is 0 Å². The summed E-state index contributed by atoms with van der Waals surface area (Å²) in [6, 6.07) is 0. The largest absolute Gasteiger partial charge is 0.252 e. The van der Waals surface area contributed by atoms with Gasteiger partial charge in [-0.1, -0.05) is 26.0 Å². The van der Waals surface area contributed by atoms with Gasteiger partial charge >= 0.3 is 0 Å². The van der Waals surface area contributed by atoms with E-state index in [1.165, 1.54) is 0 Å². The predicted octanol–water partition coefficient (Wildman–Crippen LogP) is 2.47. The van der Waals surface area contributed by atoms with E-state index in [-0.39, 0.29) is 5.41 Å². The summed E-state index contributed by atoms with van der Waals surface area (Å²) >= 11 is 0. The Morgan fingerprint density at radius 2 is 2.10 bits per heavy atom. The molecule has 1 N–H and O–H groups in total. The molecule has 0 aromatic carbocycles. The highest BCUT2D eigenvalue weighted by Gasteiger charge is 2.12. The molecule has 0 amide bonds. The fraction of sp³-hybridized carbons (Fsp3) is 0.750. The fourth-order valence-electron chi connectivity index (χ4n) is 0.843. The van der Waals surface area contributed by atoms with Crippen molar-refractivity contribution in [2.24, 2.45) is 5.41 Å². The molecule has 60 valence electrons. The Morgan fingerprint density at radius 3 is 2.50 bits per heavy atom. The third-order valence-electron chi connectivity index (χ3n) is 1.46. The van der Waals surface area contributed by atoms with Crippen LogP contribution in [0.5, 0.6) is 0 Å². The molecule has 10 heavy (non-hydrogen) atoms. The second kappa shape index (κ2) is 4.47. The number of hydrogen-bond donors (Lipinski definition) is 1. The minimum atomic E-state index is 0.136. The smallest absolute Gasteiger partial charge is 0.0827 e. The molecule has 0 unspecified atom stereocenters. The van der Waals surface area contributed by atoms with Crippen molar-refractivity contribution in [2.75, 3.05) is 6.61 Å². The SMILES string of the molecule is CC=CC(C)(C)CCOO. The van der Waals surface area contributed by atoms with Crippen LogP contribution in [0.3, 0.4) is 0 Å². The molecule has 2 nitrogen and oxygen atoms in total. The maximum Gasteiger partial charge on any atom is 0.0827 e. The van der Waals surface area contributed by atoms with Gasteiger partial charge in [-0.25, -0.2) is 4.89 Å². The first kappa shape index (κ1) is 9.66. The van der Waals surface area contributed by atoms with Crippen molar-refractivity contribution in [2.45, 2.75) is 27.2 Å². The number of rotatable bonds is 4. The van der Waals surface area contributed by atoms with Gasteiger partial charge in [-0.05, 0) is 18.8 Å². The van der Waals surface area contributed by atoms with Gasteiger partial charge in [0.1, 0.15) is 0 Å². The average Bonchev–Trinajstić information content (AvgIpc) is 1.84. The van der Waals surface area contributed by atoms with Crippen LogP contribution in [-0.4, -0.2) is 11.9 Å². The first-order valence-electron chi connectivity index (χ1n) is 3.52. The van der Waals surface area contributed by atoms with Crippen molar-refractivity contribution < 1.29 is 10.1 Å². The fourth-order valence-corrected chi connectivity index (χ4v) is 0.843. The molecule has 0 aliphatic heterocycles. The number of hydrogen-bond acceptors (Lipinski definition) is 2. The minimum Gasteiger partial charge on any atom is -0.252 e. The molecule has 0 saturated heterocycles. The average molecular weight is 144 g/mol. The topological polar surface area (TPSA) is 29.5 Å². The van der Waals surface area contributed by atoms with Crippen LogP contribution in [0.1, 0.15) is 27.2 Å². The van der Waals surface area contributed by atoms with Crippen molar-refractivity contribution in [3.63, 3.8) is 0 Å². The Bertz CT molecular complexity index is 106. The lowest BCUT2D eigenvalue weighted by Crippen LogP contribution is -2.10. The highest BCUT2D eigenvalue weighted by molar-refractivity contribution is 4.92. The van der Waals surface area contributed by atoms with Gasteiger partial charge in [0.15, 0.2) is 0 Å². The summed E-state index contributed by atoms with van der Waals surface area (Å²) in [7, 11) is 0. The van der Waals surface area contributed by atoms with E-state index in [0.717, 1.165) is 6.42 Å². The van der Waals surface area contributed by atoms with E-state index in [4.69, 9.17) is 5.26 Å². The lowest BCUT2D eigenvalue weighted by molar-refractivity contribution is -0.245. The highest BCUT2D eigenvalue weighted by atomic mass is 17.1. The minimum absolute atomic E-state index is 0.136. The van der Waals surface area contributed by atoms with Crippen LogP contribution in [0, 0.1) is 5.41 Å². The molecule has 0 aliphatic rings. The molecular formula is C8H16O2. The molecule has 0 atom stereocenters. The maximum atomic E-state index is 8.07. The van der Waals surface area contributed by atoms with Gasteiger partial charge in [-0.2, -0.15) is 0 Å². The van der Waals surface area contributed by atoms with Crippen LogP contribution in [0.25, 0.3) is 0 Å². The van der Waals surface area contributed by atoms with E-state index in [0.29, 0.717) is 6.61 Å². The van der Waals surface area contributed by atoms with E-state index < -0.39 is 0 Å². The van der Waals surface area contributed by atoms with E-state index in [1.807, 2.05) is 13.0 Å². The molecule has 2 heteroatoms. The molecule has 0 rings (SSSR count). The van der Waals surface area contributed by atoms with Gasteiger partial charge in [0.2, 0.25) is 0 Å². The third kappa shape index (κ3) is 4.53. The molecule has 0 aromatic heterocycles. The molecule has 0 bridgehead atoms. The van der Waals surface area contributed by atoms with Crippen LogP contribution in [0.15, 0.2) is 12.2 Å². The standard InChI is InChI=1S/C8H16O2/c1-4-5-8(2,3)6-7-10-9/h4-5,9H,6-7H2,1-3H3. The molecule has 0 radical (unpaired) electrons. The zero-order chi connectivity index (χ0) is 8.04. The van der Waals surface area contributed by atoms with Crippen LogP contribution in [-0.2, 0) is 4.89 Å². The molecule has 0 spiro atoms. The lowest BCUT2D eigenvalue weighted by Gasteiger charge is -2.18.